The summed E-state index contributed by atoms with van der Waals surface area (Å²) >= 11 is 0. The molecule has 2 nitrogen and oxygen atoms in total. The Hall–Kier alpha value is -0.860. The molecule has 0 saturated carbocycles. The van der Waals surface area contributed by atoms with Crippen LogP contribution in [-0.4, -0.2) is 12.2 Å². The summed E-state index contributed by atoms with van der Waals surface area (Å²) < 4.78 is 0. The maximum Gasteiger partial charge on any atom is 0.0319 e. The van der Waals surface area contributed by atoms with Gasteiger partial charge in [0.25, 0.3) is 0 Å². The normalized spacial score (nSPS) is 7.18. The van der Waals surface area contributed by atoms with Gasteiger partial charge in [-0.05, 0) is 12.0 Å². The lowest BCUT2D eigenvalue weighted by atomic mass is 10.2. The standard InChI is InChI=1S/C8H10.CH4O.H3N/c1-2-8-6-4-3-5-7-8;1-2;/h3-7H,2H2,1H3;2H,1H3;1H3. The van der Waals surface area contributed by atoms with E-state index in [0.717, 1.165) is 13.5 Å². The lowest BCUT2D eigenvalue weighted by molar-refractivity contribution is 0.399. The average molecular weight is 155 g/mol. The smallest absolute Gasteiger partial charge is 0.0319 e. The van der Waals surface area contributed by atoms with Crippen LogP contribution in [0, 0.1) is 0 Å². The van der Waals surface area contributed by atoms with Crippen molar-refractivity contribution in [3.05, 3.63) is 35.9 Å². The zero-order valence-corrected chi connectivity index (χ0v) is 7.25. The lowest BCUT2D eigenvalue weighted by Crippen LogP contribution is -1.73. The van der Waals surface area contributed by atoms with Crippen LogP contribution in [0.1, 0.15) is 12.5 Å². The first kappa shape index (κ1) is 12.8. The maximum atomic E-state index is 7.00. The monoisotopic (exact) mass is 155 g/mol. The van der Waals surface area contributed by atoms with Crippen molar-refractivity contribution in [1.29, 1.82) is 0 Å². The van der Waals surface area contributed by atoms with Crippen LogP contribution < -0.4 is 6.15 Å². The highest BCUT2D eigenvalue weighted by Crippen LogP contribution is 1.96. The van der Waals surface area contributed by atoms with Gasteiger partial charge >= 0.3 is 0 Å². The Morgan fingerprint density at radius 3 is 1.82 bits per heavy atom. The van der Waals surface area contributed by atoms with Gasteiger partial charge in [-0.1, -0.05) is 37.3 Å². The molecule has 0 unspecified atom stereocenters. The van der Waals surface area contributed by atoms with Crippen molar-refractivity contribution >= 4 is 0 Å². The van der Waals surface area contributed by atoms with E-state index in [9.17, 15) is 0 Å². The van der Waals surface area contributed by atoms with E-state index in [0.29, 0.717) is 0 Å². The molecule has 1 rings (SSSR count). The molecule has 0 aliphatic rings. The highest BCUT2D eigenvalue weighted by molar-refractivity contribution is 5.13. The van der Waals surface area contributed by atoms with Gasteiger partial charge in [0.1, 0.15) is 0 Å². The molecule has 64 valence electrons. The molecule has 2 heteroatoms. The summed E-state index contributed by atoms with van der Waals surface area (Å²) in [5.41, 5.74) is 1.41. The van der Waals surface area contributed by atoms with Gasteiger partial charge in [-0.2, -0.15) is 0 Å². The molecule has 0 spiro atoms. The van der Waals surface area contributed by atoms with Crippen molar-refractivity contribution in [3.63, 3.8) is 0 Å². The maximum absolute atomic E-state index is 7.00. The zero-order chi connectivity index (χ0) is 7.82. The van der Waals surface area contributed by atoms with E-state index in [-0.39, 0.29) is 6.15 Å². The van der Waals surface area contributed by atoms with E-state index >= 15 is 0 Å². The largest absolute Gasteiger partial charge is 0.400 e. The fourth-order valence-electron chi connectivity index (χ4n) is 0.714. The SMILES string of the molecule is CCc1ccccc1.CO.N. The van der Waals surface area contributed by atoms with Crippen LogP contribution in [0.2, 0.25) is 0 Å². The van der Waals surface area contributed by atoms with Crippen LogP contribution in [0.3, 0.4) is 0 Å². The average Bonchev–Trinajstić information content (AvgIpc) is 2.10. The summed E-state index contributed by atoms with van der Waals surface area (Å²) in [6, 6.07) is 10.5. The van der Waals surface area contributed by atoms with Crippen LogP contribution in [-0.2, 0) is 6.42 Å². The molecule has 11 heavy (non-hydrogen) atoms. The van der Waals surface area contributed by atoms with E-state index in [1.807, 2.05) is 6.07 Å². The lowest BCUT2D eigenvalue weighted by Gasteiger charge is -1.89. The fourth-order valence-corrected chi connectivity index (χ4v) is 0.714. The van der Waals surface area contributed by atoms with Crippen molar-refractivity contribution < 1.29 is 5.11 Å². The molecule has 1 aromatic carbocycles. The third kappa shape index (κ3) is 5.58. The summed E-state index contributed by atoms with van der Waals surface area (Å²) in [7, 11) is 1.00. The highest BCUT2D eigenvalue weighted by Gasteiger charge is 1.79. The number of rotatable bonds is 1. The second-order valence-corrected chi connectivity index (χ2v) is 1.84. The van der Waals surface area contributed by atoms with Gasteiger partial charge in [-0.25, -0.2) is 0 Å². The van der Waals surface area contributed by atoms with Gasteiger partial charge in [-0.3, -0.25) is 0 Å². The Morgan fingerprint density at radius 1 is 1.09 bits per heavy atom. The fraction of sp³-hybridized carbons (Fsp3) is 0.333. The predicted molar refractivity (Wildman–Crippen MR) is 49.0 cm³/mol. The molecule has 0 radical (unpaired) electrons. The van der Waals surface area contributed by atoms with Crippen molar-refractivity contribution in [2.45, 2.75) is 13.3 Å². The number of aliphatic hydroxyl groups excluding tert-OH is 1. The van der Waals surface area contributed by atoms with E-state index in [2.05, 4.69) is 31.2 Å². The molecule has 0 aliphatic heterocycles. The summed E-state index contributed by atoms with van der Waals surface area (Å²) in [5.74, 6) is 0. The number of aliphatic hydroxyl groups is 1. The number of benzene rings is 1. The van der Waals surface area contributed by atoms with Crippen molar-refractivity contribution in [2.24, 2.45) is 0 Å². The van der Waals surface area contributed by atoms with Crippen LogP contribution in [0.4, 0.5) is 0 Å². The Bertz CT molecular complexity index is 151. The second kappa shape index (κ2) is 9.14. The topological polar surface area (TPSA) is 55.2 Å². The predicted octanol–water partition coefficient (Wildman–Crippen LogP) is 2.02. The van der Waals surface area contributed by atoms with Gasteiger partial charge < -0.3 is 11.3 Å². The number of aryl methyl sites for hydroxylation is 1. The van der Waals surface area contributed by atoms with E-state index in [1.54, 1.807) is 0 Å². The first-order chi connectivity index (χ1) is 4.93. The zero-order valence-electron chi connectivity index (χ0n) is 7.25. The minimum atomic E-state index is 0. The van der Waals surface area contributed by atoms with E-state index < -0.39 is 0 Å². The van der Waals surface area contributed by atoms with Gasteiger partial charge in [0.15, 0.2) is 0 Å². The van der Waals surface area contributed by atoms with Gasteiger partial charge in [0.2, 0.25) is 0 Å². The van der Waals surface area contributed by atoms with Crippen LogP contribution >= 0.6 is 0 Å². The minimum Gasteiger partial charge on any atom is -0.400 e. The summed E-state index contributed by atoms with van der Waals surface area (Å²) in [6.45, 7) is 2.16. The third-order valence-electron chi connectivity index (χ3n) is 1.25. The van der Waals surface area contributed by atoms with Crippen LogP contribution in [0.5, 0.6) is 0 Å². The van der Waals surface area contributed by atoms with Crippen LogP contribution in [0.15, 0.2) is 30.3 Å². The highest BCUT2D eigenvalue weighted by atomic mass is 16.2. The molecule has 0 atom stereocenters. The van der Waals surface area contributed by atoms with Crippen molar-refractivity contribution in [3.8, 4) is 0 Å². The first-order valence-corrected chi connectivity index (χ1v) is 3.42. The van der Waals surface area contributed by atoms with Crippen molar-refractivity contribution in [2.75, 3.05) is 7.11 Å². The molecule has 0 bridgehead atoms. The minimum absolute atomic E-state index is 0. The molecule has 0 amide bonds. The first-order valence-electron chi connectivity index (χ1n) is 3.42. The Labute approximate surface area is 68.5 Å². The third-order valence-corrected chi connectivity index (χ3v) is 1.25. The van der Waals surface area contributed by atoms with E-state index in [4.69, 9.17) is 5.11 Å². The number of hydrogen-bond acceptors (Lipinski definition) is 2. The molecule has 0 aliphatic carbocycles. The molecule has 0 heterocycles. The van der Waals surface area contributed by atoms with Crippen molar-refractivity contribution in [1.82, 2.24) is 6.15 Å². The molecular formula is C9H17NO. The van der Waals surface area contributed by atoms with Gasteiger partial charge in [0.05, 0.1) is 0 Å². The van der Waals surface area contributed by atoms with Crippen LogP contribution in [0.25, 0.3) is 0 Å². The Balaban J connectivity index is 0. The molecule has 1 aromatic rings. The molecule has 0 fully saturated rings. The molecule has 4 N–H and O–H groups in total. The Morgan fingerprint density at radius 2 is 1.55 bits per heavy atom. The second-order valence-electron chi connectivity index (χ2n) is 1.84. The van der Waals surface area contributed by atoms with Gasteiger partial charge in [0, 0.05) is 7.11 Å². The number of hydrogen-bond donors (Lipinski definition) is 2. The van der Waals surface area contributed by atoms with Gasteiger partial charge in [-0.15, -0.1) is 0 Å². The van der Waals surface area contributed by atoms with E-state index in [1.165, 1.54) is 5.56 Å². The molecular weight excluding hydrogens is 138 g/mol. The quantitative estimate of drug-likeness (QED) is 0.651. The summed E-state index contributed by atoms with van der Waals surface area (Å²) in [4.78, 5) is 0. The Kier molecular flexibility index (Phi) is 10.6. The molecule has 0 saturated heterocycles. The summed E-state index contributed by atoms with van der Waals surface area (Å²) in [6.07, 6.45) is 1.14. The molecule has 0 aromatic heterocycles. The summed E-state index contributed by atoms with van der Waals surface area (Å²) in [5, 5.41) is 7.00.